The molecule has 0 aromatic rings. The van der Waals surface area contributed by atoms with Gasteiger partial charge in [0.05, 0.1) is 20.1 Å². The summed E-state index contributed by atoms with van der Waals surface area (Å²) < 4.78 is 0.770. The number of hydrogen-bond acceptors (Lipinski definition) is 3. The van der Waals surface area contributed by atoms with Crippen LogP contribution in [0.2, 0.25) is 0 Å². The van der Waals surface area contributed by atoms with Crippen LogP contribution >= 0.6 is 0 Å². The van der Waals surface area contributed by atoms with E-state index in [4.69, 9.17) is 0 Å². The number of rotatable bonds is 0. The summed E-state index contributed by atoms with van der Waals surface area (Å²) in [5.41, 5.74) is 2.04. The molecule has 0 saturated carbocycles. The van der Waals surface area contributed by atoms with Crippen molar-refractivity contribution in [1.82, 2.24) is 4.90 Å². The first-order valence-corrected chi connectivity index (χ1v) is 5.88. The second-order valence-corrected chi connectivity index (χ2v) is 5.71. The van der Waals surface area contributed by atoms with Gasteiger partial charge in [0, 0.05) is 6.20 Å². The van der Waals surface area contributed by atoms with E-state index in [0.717, 1.165) is 28.8 Å². The molecule has 3 rings (SSSR count). The third kappa shape index (κ3) is 1.64. The molecule has 0 radical (unpaired) electrons. The van der Waals surface area contributed by atoms with Crippen LogP contribution in [0.4, 0.5) is 0 Å². The molecule has 2 heterocycles. The molecule has 4 heteroatoms. The number of ketones is 1. The molecule has 1 N–H and O–H groups in total. The van der Waals surface area contributed by atoms with Gasteiger partial charge < -0.3 is 14.5 Å². The largest absolute Gasteiger partial charge is 0.385 e. The molecule has 1 saturated heterocycles. The normalized spacial score (nSPS) is 34.1. The van der Waals surface area contributed by atoms with Crippen molar-refractivity contribution in [2.24, 2.45) is 0 Å². The van der Waals surface area contributed by atoms with Gasteiger partial charge in [-0.15, -0.1) is 0 Å². The van der Waals surface area contributed by atoms with Crippen LogP contribution < -0.4 is 0 Å². The maximum absolute atomic E-state index is 11.4. The highest BCUT2D eigenvalue weighted by Gasteiger charge is 2.44. The first kappa shape index (κ1) is 10.7. The summed E-state index contributed by atoms with van der Waals surface area (Å²) in [4.78, 5) is 13.6. The van der Waals surface area contributed by atoms with E-state index in [0.29, 0.717) is 0 Å². The Labute approximate surface area is 101 Å². The van der Waals surface area contributed by atoms with Crippen molar-refractivity contribution in [3.63, 3.8) is 0 Å². The molecule has 17 heavy (non-hydrogen) atoms. The fourth-order valence-corrected chi connectivity index (χ4v) is 3.03. The summed E-state index contributed by atoms with van der Waals surface area (Å²) in [6.07, 6.45) is 6.73. The Balaban J connectivity index is 1.99. The van der Waals surface area contributed by atoms with Crippen molar-refractivity contribution in [3.05, 3.63) is 35.6 Å². The molecular weight excluding hydrogens is 216 g/mol. The minimum Gasteiger partial charge on any atom is -0.385 e. The van der Waals surface area contributed by atoms with Gasteiger partial charge in [0.1, 0.15) is 12.6 Å². The maximum atomic E-state index is 11.4. The number of hydrogen-bond donors (Lipinski definition) is 1. The van der Waals surface area contributed by atoms with E-state index in [9.17, 15) is 9.90 Å². The minimum atomic E-state index is -0.418. The lowest BCUT2D eigenvalue weighted by Crippen LogP contribution is -2.62. The van der Waals surface area contributed by atoms with Crippen LogP contribution in [0.25, 0.3) is 0 Å². The molecule has 0 spiro atoms. The van der Waals surface area contributed by atoms with Crippen molar-refractivity contribution in [1.29, 1.82) is 0 Å². The molecule has 90 valence electrons. The number of aliphatic hydroxyl groups excluding tert-OH is 1. The molecule has 0 bridgehead atoms. The average Bonchev–Trinajstić information content (AvgIpc) is 2.52. The Bertz CT molecular complexity index is 474. The standard InChI is InChI=1S/C13H17N2O2/c1-15(2)7-12(17)13-11-5-10(16)4-3-9(11)6-14(13)8-15/h3-6,12-13,17H,7-8H2,1-2H3/q+1. The minimum absolute atomic E-state index is 0.0190. The Morgan fingerprint density at radius 3 is 2.94 bits per heavy atom. The maximum Gasteiger partial charge on any atom is 0.179 e. The van der Waals surface area contributed by atoms with Crippen LogP contribution in [0.15, 0.2) is 35.6 Å². The molecule has 1 fully saturated rings. The first-order chi connectivity index (χ1) is 7.96. The van der Waals surface area contributed by atoms with Crippen LogP contribution in [0.1, 0.15) is 0 Å². The van der Waals surface area contributed by atoms with Crippen LogP contribution in [0.3, 0.4) is 0 Å². The summed E-state index contributed by atoms with van der Waals surface area (Å²) in [5.74, 6) is 0.0190. The molecule has 2 unspecified atom stereocenters. The third-order valence-electron chi connectivity index (χ3n) is 3.63. The van der Waals surface area contributed by atoms with Gasteiger partial charge in [-0.25, -0.2) is 0 Å². The van der Waals surface area contributed by atoms with E-state index in [-0.39, 0.29) is 11.8 Å². The quantitative estimate of drug-likeness (QED) is 0.600. The van der Waals surface area contributed by atoms with Gasteiger partial charge in [0.15, 0.2) is 12.5 Å². The number of quaternary nitrogens is 1. The number of fused-ring (bicyclic) bond motifs is 3. The number of likely N-dealkylation sites (N-methyl/N-ethyl adjacent to an activating group) is 1. The van der Waals surface area contributed by atoms with Gasteiger partial charge in [-0.05, 0) is 29.4 Å². The highest BCUT2D eigenvalue weighted by molar-refractivity contribution is 6.02. The van der Waals surface area contributed by atoms with Gasteiger partial charge in [0.25, 0.3) is 0 Å². The van der Waals surface area contributed by atoms with Crippen molar-refractivity contribution >= 4 is 5.78 Å². The lowest BCUT2D eigenvalue weighted by molar-refractivity contribution is -0.909. The van der Waals surface area contributed by atoms with Gasteiger partial charge in [-0.2, -0.15) is 0 Å². The molecule has 0 aromatic carbocycles. The fourth-order valence-electron chi connectivity index (χ4n) is 3.03. The van der Waals surface area contributed by atoms with E-state index < -0.39 is 6.10 Å². The van der Waals surface area contributed by atoms with Crippen molar-refractivity contribution in [3.8, 4) is 0 Å². The fraction of sp³-hybridized carbons (Fsp3) is 0.462. The van der Waals surface area contributed by atoms with Gasteiger partial charge in [-0.1, -0.05) is 0 Å². The number of nitrogens with zero attached hydrogens (tertiary/aromatic N) is 2. The highest BCUT2D eigenvalue weighted by Crippen LogP contribution is 2.36. The van der Waals surface area contributed by atoms with E-state index >= 15 is 0 Å². The Morgan fingerprint density at radius 1 is 1.41 bits per heavy atom. The Hall–Kier alpha value is -1.39. The summed E-state index contributed by atoms with van der Waals surface area (Å²) in [5, 5.41) is 10.3. The van der Waals surface area contributed by atoms with Crippen molar-refractivity contribution in [2.45, 2.75) is 12.1 Å². The molecule has 0 aromatic heterocycles. The smallest absolute Gasteiger partial charge is 0.179 e. The van der Waals surface area contributed by atoms with Crippen LogP contribution in [0.5, 0.6) is 0 Å². The molecular formula is C13H17N2O2+. The van der Waals surface area contributed by atoms with Crippen LogP contribution in [-0.2, 0) is 4.79 Å². The number of carbonyl (C=O) groups excluding carboxylic acids is 1. The monoisotopic (exact) mass is 233 g/mol. The van der Waals surface area contributed by atoms with Gasteiger partial charge >= 0.3 is 0 Å². The van der Waals surface area contributed by atoms with Gasteiger partial charge in [-0.3, -0.25) is 4.79 Å². The molecule has 1 aliphatic carbocycles. The topological polar surface area (TPSA) is 40.5 Å². The summed E-state index contributed by atoms with van der Waals surface area (Å²) in [7, 11) is 4.21. The molecule has 4 nitrogen and oxygen atoms in total. The van der Waals surface area contributed by atoms with E-state index in [1.807, 2.05) is 6.08 Å². The Morgan fingerprint density at radius 2 is 2.18 bits per heavy atom. The summed E-state index contributed by atoms with van der Waals surface area (Å²) in [6, 6.07) is -0.0370. The predicted octanol–water partition coefficient (Wildman–Crippen LogP) is 0.0282. The van der Waals surface area contributed by atoms with Crippen LogP contribution in [-0.4, -0.2) is 59.7 Å². The predicted molar refractivity (Wildman–Crippen MR) is 63.8 cm³/mol. The first-order valence-electron chi connectivity index (χ1n) is 5.88. The number of aliphatic hydroxyl groups is 1. The molecule has 2 aliphatic heterocycles. The van der Waals surface area contributed by atoms with E-state index in [1.165, 1.54) is 0 Å². The Kier molecular flexibility index (Phi) is 2.09. The van der Waals surface area contributed by atoms with Crippen molar-refractivity contribution in [2.75, 3.05) is 27.3 Å². The van der Waals surface area contributed by atoms with Gasteiger partial charge in [0.2, 0.25) is 0 Å². The number of carbonyl (C=O) groups is 1. The van der Waals surface area contributed by atoms with Crippen molar-refractivity contribution < 1.29 is 14.4 Å². The third-order valence-corrected chi connectivity index (χ3v) is 3.63. The lowest BCUT2D eigenvalue weighted by Gasteiger charge is -2.45. The molecule has 2 atom stereocenters. The second kappa shape index (κ2) is 3.31. The average molecular weight is 233 g/mol. The van der Waals surface area contributed by atoms with Crippen LogP contribution in [0, 0.1) is 0 Å². The lowest BCUT2D eigenvalue weighted by atomic mass is 9.92. The molecule has 0 amide bonds. The van der Waals surface area contributed by atoms with E-state index in [2.05, 4.69) is 25.2 Å². The SMILES string of the molecule is C[N+]1(C)CC(O)C2C3=CC(=O)C=CC3=CN2C1. The zero-order chi connectivity index (χ0) is 12.2. The zero-order valence-corrected chi connectivity index (χ0v) is 10.1. The summed E-state index contributed by atoms with van der Waals surface area (Å²) >= 11 is 0. The molecule has 3 aliphatic rings. The highest BCUT2D eigenvalue weighted by atomic mass is 16.3. The summed E-state index contributed by atoms with van der Waals surface area (Å²) in [6.45, 7) is 1.59. The number of allylic oxidation sites excluding steroid dienone is 3. The second-order valence-electron chi connectivity index (χ2n) is 5.71. The van der Waals surface area contributed by atoms with E-state index in [1.54, 1.807) is 12.2 Å². The zero-order valence-electron chi connectivity index (χ0n) is 10.1.